The Labute approximate surface area is 197 Å². The Bertz CT molecular complexity index is 1180. The molecule has 3 N–H and O–H groups in total. The maximum absolute atomic E-state index is 9.33. The van der Waals surface area contributed by atoms with Gasteiger partial charge in [0, 0.05) is 54.6 Å². The molecule has 1 aromatic carbocycles. The van der Waals surface area contributed by atoms with E-state index < -0.39 is 0 Å². The maximum atomic E-state index is 9.33. The molecule has 2 fully saturated rings. The van der Waals surface area contributed by atoms with Crippen LogP contribution in [0.5, 0.6) is 0 Å². The summed E-state index contributed by atoms with van der Waals surface area (Å²) < 4.78 is 0. The van der Waals surface area contributed by atoms with E-state index in [2.05, 4.69) is 38.4 Å². The summed E-state index contributed by atoms with van der Waals surface area (Å²) in [4.78, 5) is 14.4. The number of anilines is 3. The number of hydrogen-bond acceptors (Lipinski definition) is 8. The van der Waals surface area contributed by atoms with Gasteiger partial charge in [0.25, 0.3) is 0 Å². The molecule has 0 unspecified atom stereocenters. The molecule has 2 aliphatic rings. The van der Waals surface area contributed by atoms with Crippen molar-refractivity contribution in [3.8, 4) is 6.07 Å². The molecule has 5 rings (SSSR count). The van der Waals surface area contributed by atoms with Crippen LogP contribution < -0.4 is 10.2 Å². The zero-order valence-electron chi connectivity index (χ0n) is 18.5. The number of benzene rings is 1. The van der Waals surface area contributed by atoms with Gasteiger partial charge < -0.3 is 15.3 Å². The Morgan fingerprint density at radius 2 is 2.06 bits per heavy atom. The molecule has 2 bridgehead atoms. The third kappa shape index (κ3) is 4.34. The van der Waals surface area contributed by atoms with Crippen molar-refractivity contribution in [2.24, 2.45) is 0 Å². The minimum atomic E-state index is -0.113. The van der Waals surface area contributed by atoms with E-state index >= 15 is 0 Å². The molecule has 2 aromatic heterocycles. The summed E-state index contributed by atoms with van der Waals surface area (Å²) >= 11 is 6.27. The molecule has 2 saturated heterocycles. The fraction of sp³-hybridized carbons (Fsp3) is 0.478. The lowest BCUT2D eigenvalue weighted by Crippen LogP contribution is -2.50. The van der Waals surface area contributed by atoms with E-state index in [1.54, 1.807) is 6.07 Å². The first-order valence-corrected chi connectivity index (χ1v) is 11.7. The lowest BCUT2D eigenvalue weighted by Gasteiger charge is -2.42. The molecule has 33 heavy (non-hydrogen) atoms. The van der Waals surface area contributed by atoms with Gasteiger partial charge in [0.05, 0.1) is 23.9 Å². The van der Waals surface area contributed by atoms with Crippen molar-refractivity contribution in [1.29, 1.82) is 5.26 Å². The van der Waals surface area contributed by atoms with Crippen molar-refractivity contribution in [2.45, 2.75) is 56.8 Å². The third-order valence-electron chi connectivity index (χ3n) is 6.90. The number of piperidine rings is 1. The molecule has 3 aromatic rings. The minimum absolute atomic E-state index is 0.113. The van der Waals surface area contributed by atoms with Crippen LogP contribution in [0.15, 0.2) is 24.3 Å². The van der Waals surface area contributed by atoms with E-state index in [0.29, 0.717) is 52.8 Å². The molecule has 172 valence electrons. The number of aromatic nitrogens is 4. The molecule has 4 heterocycles. The second kappa shape index (κ2) is 9.14. The Kier molecular flexibility index (Phi) is 6.06. The van der Waals surface area contributed by atoms with Crippen LogP contribution in [0.25, 0.3) is 10.9 Å². The number of nitrogens with zero attached hydrogens (tertiary/aromatic N) is 6. The number of H-pyrrole nitrogens is 1. The molecule has 0 amide bonds. The molecular weight excluding hydrogens is 440 g/mol. The average Bonchev–Trinajstić information content (AvgIpc) is 3.36. The Hall–Kier alpha value is -2.93. The van der Waals surface area contributed by atoms with Crippen LogP contribution in [-0.2, 0) is 6.61 Å². The van der Waals surface area contributed by atoms with Gasteiger partial charge in [-0.25, -0.2) is 4.98 Å². The zero-order valence-corrected chi connectivity index (χ0v) is 19.3. The van der Waals surface area contributed by atoms with Gasteiger partial charge in [-0.3, -0.25) is 10.00 Å². The number of nitrogens with one attached hydrogen (secondary N) is 2. The fourth-order valence-corrected chi connectivity index (χ4v) is 5.41. The van der Waals surface area contributed by atoms with Crippen molar-refractivity contribution in [1.82, 2.24) is 25.1 Å². The van der Waals surface area contributed by atoms with Crippen molar-refractivity contribution < 1.29 is 5.11 Å². The molecule has 0 aliphatic carbocycles. The molecule has 3 atom stereocenters. The number of nitriles is 1. The highest BCUT2D eigenvalue weighted by Gasteiger charge is 2.41. The van der Waals surface area contributed by atoms with Crippen LogP contribution in [0, 0.1) is 11.3 Å². The van der Waals surface area contributed by atoms with Gasteiger partial charge in [-0.1, -0.05) is 11.6 Å². The van der Waals surface area contributed by atoms with E-state index in [1.807, 2.05) is 18.2 Å². The van der Waals surface area contributed by atoms with Crippen molar-refractivity contribution in [3.05, 3.63) is 35.0 Å². The van der Waals surface area contributed by atoms with Crippen molar-refractivity contribution >= 4 is 40.1 Å². The normalized spacial score (nSPS) is 22.4. The van der Waals surface area contributed by atoms with Crippen LogP contribution in [0.2, 0.25) is 5.02 Å². The summed E-state index contributed by atoms with van der Waals surface area (Å²) in [5.41, 5.74) is 1.38. The van der Waals surface area contributed by atoms with E-state index in [0.717, 1.165) is 30.3 Å². The van der Waals surface area contributed by atoms with Gasteiger partial charge in [0.1, 0.15) is 5.82 Å². The number of aliphatic hydroxyl groups is 1. The van der Waals surface area contributed by atoms with Gasteiger partial charge in [0.2, 0.25) is 5.95 Å². The van der Waals surface area contributed by atoms with Crippen molar-refractivity contribution in [3.63, 3.8) is 0 Å². The predicted molar refractivity (Wildman–Crippen MR) is 128 cm³/mol. The summed E-state index contributed by atoms with van der Waals surface area (Å²) in [5.74, 6) is 1.86. The van der Waals surface area contributed by atoms with Crippen LogP contribution in [-0.4, -0.2) is 61.9 Å². The standard InChI is InChI=1S/C23H27ClN8O/c1-31(18-11-16-4-5-17(12-18)32(16)8-2-7-25)23-26-20-9-14(24)3-6-19(20)22(28-23)27-21-10-15(13-33)29-30-21/h3,6,9-10,16-18,33H,2,4-5,8,11-13H2,1H3,(H2,26,27,28,29,30)/t16-,17+,18-. The molecular formula is C23H27ClN8O. The topological polar surface area (TPSA) is 117 Å². The third-order valence-corrected chi connectivity index (χ3v) is 7.13. The summed E-state index contributed by atoms with van der Waals surface area (Å²) in [7, 11) is 2.06. The smallest absolute Gasteiger partial charge is 0.227 e. The number of fused-ring (bicyclic) bond motifs is 3. The highest BCUT2D eigenvalue weighted by Crippen LogP contribution is 2.38. The quantitative estimate of drug-likeness (QED) is 0.483. The first-order valence-electron chi connectivity index (χ1n) is 11.3. The summed E-state index contributed by atoms with van der Waals surface area (Å²) in [5, 5.41) is 30.1. The molecule has 0 spiro atoms. The predicted octanol–water partition coefficient (Wildman–Crippen LogP) is 3.59. The van der Waals surface area contributed by atoms with Crippen molar-refractivity contribution in [2.75, 3.05) is 23.8 Å². The Morgan fingerprint density at radius 3 is 2.76 bits per heavy atom. The summed E-state index contributed by atoms with van der Waals surface area (Å²) in [6, 6.07) is 11.0. The maximum Gasteiger partial charge on any atom is 0.227 e. The molecule has 0 radical (unpaired) electrons. The van der Waals surface area contributed by atoms with Gasteiger partial charge in [-0.15, -0.1) is 0 Å². The van der Waals surface area contributed by atoms with Crippen LogP contribution in [0.3, 0.4) is 0 Å². The van der Waals surface area contributed by atoms with Crippen LogP contribution in [0.1, 0.15) is 37.8 Å². The largest absolute Gasteiger partial charge is 0.390 e. The molecule has 10 heteroatoms. The van der Waals surface area contributed by atoms with E-state index in [1.165, 1.54) is 12.8 Å². The molecule has 2 aliphatic heterocycles. The zero-order chi connectivity index (χ0) is 22.9. The Balaban J connectivity index is 1.43. The first kappa shape index (κ1) is 21.9. The monoisotopic (exact) mass is 466 g/mol. The lowest BCUT2D eigenvalue weighted by atomic mass is 9.96. The van der Waals surface area contributed by atoms with Gasteiger partial charge >= 0.3 is 0 Å². The molecule has 0 saturated carbocycles. The average molecular weight is 467 g/mol. The van der Waals surface area contributed by atoms with Gasteiger partial charge in [-0.2, -0.15) is 15.3 Å². The van der Waals surface area contributed by atoms with E-state index in [9.17, 15) is 5.11 Å². The lowest BCUT2D eigenvalue weighted by molar-refractivity contribution is 0.129. The van der Waals surface area contributed by atoms with Gasteiger partial charge in [-0.05, 0) is 43.9 Å². The first-order chi connectivity index (χ1) is 16.1. The SMILES string of the molecule is CN(c1nc(Nc2cc(CO)[nH]n2)c2ccc(Cl)cc2n1)[C@@H]1C[C@H]2CC[C@@H](C1)N2CCC#N. The number of halogens is 1. The minimum Gasteiger partial charge on any atom is -0.390 e. The van der Waals surface area contributed by atoms with E-state index in [4.69, 9.17) is 26.8 Å². The molecule has 9 nitrogen and oxygen atoms in total. The van der Waals surface area contributed by atoms with Gasteiger partial charge in [0.15, 0.2) is 5.82 Å². The highest BCUT2D eigenvalue weighted by atomic mass is 35.5. The second-order valence-corrected chi connectivity index (χ2v) is 9.30. The fourth-order valence-electron chi connectivity index (χ4n) is 5.24. The van der Waals surface area contributed by atoms with Crippen LogP contribution >= 0.6 is 11.6 Å². The second-order valence-electron chi connectivity index (χ2n) is 8.86. The van der Waals surface area contributed by atoms with E-state index in [-0.39, 0.29) is 6.61 Å². The number of aromatic amines is 1. The highest BCUT2D eigenvalue weighted by molar-refractivity contribution is 6.31. The number of aliphatic hydroxyl groups excluding tert-OH is 1. The number of hydrogen-bond donors (Lipinski definition) is 3. The van der Waals surface area contributed by atoms with Crippen LogP contribution in [0.4, 0.5) is 17.6 Å². The summed E-state index contributed by atoms with van der Waals surface area (Å²) in [6.07, 6.45) is 5.04. The Morgan fingerprint density at radius 1 is 1.27 bits per heavy atom. The summed E-state index contributed by atoms with van der Waals surface area (Å²) in [6.45, 7) is 0.749. The number of rotatable bonds is 7.